The van der Waals surface area contributed by atoms with Gasteiger partial charge in [0.15, 0.2) is 11.4 Å². The van der Waals surface area contributed by atoms with Crippen molar-refractivity contribution in [3.05, 3.63) is 65.7 Å². The van der Waals surface area contributed by atoms with E-state index in [2.05, 4.69) is 15.6 Å². The van der Waals surface area contributed by atoms with E-state index >= 15 is 0 Å². The number of aryl methyl sites for hydroxylation is 1. The highest BCUT2D eigenvalue weighted by Crippen LogP contribution is 2.49. The molecule has 3 heterocycles. The molecule has 47 heavy (non-hydrogen) atoms. The van der Waals surface area contributed by atoms with E-state index in [1.165, 1.54) is 21.7 Å². The maximum atomic E-state index is 14.1. The predicted molar refractivity (Wildman–Crippen MR) is 179 cm³/mol. The van der Waals surface area contributed by atoms with Gasteiger partial charge in [-0.05, 0) is 67.2 Å². The van der Waals surface area contributed by atoms with Crippen molar-refractivity contribution in [1.29, 1.82) is 0 Å². The van der Waals surface area contributed by atoms with Crippen LogP contribution in [0.5, 0.6) is 0 Å². The van der Waals surface area contributed by atoms with Gasteiger partial charge in [-0.3, -0.25) is 0 Å². The molecule has 4 aliphatic rings. The van der Waals surface area contributed by atoms with Crippen LogP contribution in [0.1, 0.15) is 45.1 Å². The van der Waals surface area contributed by atoms with Crippen molar-refractivity contribution in [2.24, 2.45) is 23.7 Å². The van der Waals surface area contributed by atoms with Crippen molar-refractivity contribution >= 4 is 32.6 Å². The van der Waals surface area contributed by atoms with Gasteiger partial charge in [-0.1, -0.05) is 44.2 Å². The minimum atomic E-state index is -4.02. The Balaban J connectivity index is 1.19. The second kappa shape index (κ2) is 15.2. The summed E-state index contributed by atoms with van der Waals surface area (Å²) in [6.45, 7) is 4.84. The number of rotatable bonds is 14. The van der Waals surface area contributed by atoms with Crippen molar-refractivity contribution in [3.8, 4) is 0 Å². The molecule has 4 fully saturated rings. The number of ether oxygens (including phenoxy) is 3. The molecule has 11 nitrogen and oxygen atoms in total. The van der Waals surface area contributed by atoms with Crippen LogP contribution in [0.4, 0.5) is 9.93 Å². The molecule has 2 bridgehead atoms. The second-order valence-electron chi connectivity index (χ2n) is 13.5. The average Bonchev–Trinajstić information content (AvgIpc) is 3.66. The number of benzene rings is 1. The number of anilines is 1. The zero-order valence-corrected chi connectivity index (χ0v) is 28.6. The van der Waals surface area contributed by atoms with Crippen LogP contribution in [-0.2, 0) is 30.7 Å². The van der Waals surface area contributed by atoms with Gasteiger partial charge in [0.1, 0.15) is 6.10 Å². The first kappa shape index (κ1) is 34.1. The Morgan fingerprint density at radius 3 is 2.64 bits per heavy atom. The molecule has 2 saturated heterocycles. The maximum absolute atomic E-state index is 14.1. The van der Waals surface area contributed by atoms with E-state index in [4.69, 9.17) is 14.2 Å². The first-order valence-corrected chi connectivity index (χ1v) is 19.0. The zero-order valence-electron chi connectivity index (χ0n) is 26.9. The highest BCUT2D eigenvalue weighted by Gasteiger charge is 2.56. The molecule has 3 N–H and O–H groups in total. The molecule has 2 aliphatic carbocycles. The standard InChI is InChI=1S/C34H46N4O7S2/c1-22(2)18-38(47(41,42)26-9-6-15-35-33(46-16-14-26)36-25-11-12-25)19-30(39)29(13-10-23-7-4-3-5-8-23)37-34(40)45-31-24-17-27-28(31)21-44-32(27)43-20-24/h3-9,14-16,22,24-25,27-32,39H,10-13,17-21H2,1-2H3,(H,35,36)(H,37,40)/t24?,27?,28?,29-,30+,31?,32?/m0/s1. The number of carbonyl (C=O) groups excluding carboxylic acids is 1. The third kappa shape index (κ3) is 8.62. The summed E-state index contributed by atoms with van der Waals surface area (Å²) in [5.41, 5.74) is 1.05. The monoisotopic (exact) mass is 686 g/mol. The molecule has 0 spiro atoms. The topological polar surface area (TPSA) is 139 Å². The largest absolute Gasteiger partial charge is 0.445 e. The van der Waals surface area contributed by atoms with Gasteiger partial charge >= 0.3 is 6.09 Å². The fourth-order valence-corrected chi connectivity index (χ4v) is 9.21. The number of aliphatic hydroxyl groups excluding tert-OH is 1. The van der Waals surface area contributed by atoms with Crippen LogP contribution in [0.15, 0.2) is 65.0 Å². The van der Waals surface area contributed by atoms with Crippen LogP contribution >= 0.6 is 11.3 Å². The summed E-state index contributed by atoms with van der Waals surface area (Å²) in [5, 5.41) is 20.4. The molecule has 1 aromatic heterocycles. The van der Waals surface area contributed by atoms with Gasteiger partial charge in [-0.2, -0.15) is 4.31 Å². The molecule has 2 aliphatic heterocycles. The van der Waals surface area contributed by atoms with E-state index in [9.17, 15) is 18.3 Å². The number of alkyl carbamates (subject to hydrolysis) is 1. The number of hydrogen-bond donors (Lipinski definition) is 3. The number of sulfonamides is 1. The van der Waals surface area contributed by atoms with Crippen molar-refractivity contribution < 1.29 is 32.5 Å². The summed E-state index contributed by atoms with van der Waals surface area (Å²) in [5.74, 6) is 0.415. The molecule has 13 heteroatoms. The number of hydrogen-bond acceptors (Lipinski definition) is 10. The zero-order chi connectivity index (χ0) is 33.0. The van der Waals surface area contributed by atoms with E-state index in [1.807, 2.05) is 44.2 Å². The van der Waals surface area contributed by atoms with Crippen LogP contribution in [0.25, 0.3) is 0 Å². The number of carbonyl (C=O) groups is 1. The van der Waals surface area contributed by atoms with Crippen LogP contribution in [0.3, 0.4) is 0 Å². The fraction of sp³-hybridized carbons (Fsp3) is 0.588. The Labute approximate surface area is 281 Å². The van der Waals surface area contributed by atoms with Gasteiger partial charge in [0, 0.05) is 43.1 Å². The Morgan fingerprint density at radius 1 is 1.09 bits per heavy atom. The number of aromatic nitrogens is 1. The minimum Gasteiger partial charge on any atom is -0.445 e. The summed E-state index contributed by atoms with van der Waals surface area (Å²) in [6.07, 6.45) is 3.27. The van der Waals surface area contributed by atoms with Gasteiger partial charge in [-0.25, -0.2) is 18.2 Å². The van der Waals surface area contributed by atoms with E-state index in [0.717, 1.165) is 30.0 Å². The van der Waals surface area contributed by atoms with Crippen LogP contribution in [-0.4, -0.2) is 85.8 Å². The second-order valence-corrected chi connectivity index (χ2v) is 16.3. The summed E-state index contributed by atoms with van der Waals surface area (Å²) in [6, 6.07) is 14.2. The van der Waals surface area contributed by atoms with Gasteiger partial charge in [0.25, 0.3) is 0 Å². The summed E-state index contributed by atoms with van der Waals surface area (Å²) in [4.78, 5) is 17.9. The number of nitrogens with zero attached hydrogens (tertiary/aromatic N) is 2. The number of aliphatic hydroxyl groups is 1. The lowest BCUT2D eigenvalue weighted by Crippen LogP contribution is -2.51. The molecule has 0 radical (unpaired) electrons. The van der Waals surface area contributed by atoms with Gasteiger partial charge < -0.3 is 30.0 Å². The molecule has 5 unspecified atom stereocenters. The first-order valence-electron chi connectivity index (χ1n) is 16.6. The maximum Gasteiger partial charge on any atom is 0.407 e. The van der Waals surface area contributed by atoms with Crippen LogP contribution in [0, 0.1) is 23.7 Å². The van der Waals surface area contributed by atoms with Gasteiger partial charge in [0.2, 0.25) is 10.0 Å². The molecular formula is C34H46N4O7S2. The first-order chi connectivity index (χ1) is 22.7. The lowest BCUT2D eigenvalue weighted by molar-refractivity contribution is -0.169. The highest BCUT2D eigenvalue weighted by molar-refractivity contribution is 7.89. The Bertz CT molecular complexity index is 1520. The Hall–Kier alpha value is -2.81. The molecule has 1 amide bonds. The third-order valence-electron chi connectivity index (χ3n) is 9.34. The van der Waals surface area contributed by atoms with E-state index < -0.39 is 28.3 Å². The predicted octanol–water partition coefficient (Wildman–Crippen LogP) is 4.58. The number of nitrogens with one attached hydrogen (secondary N) is 2. The Kier molecular flexibility index (Phi) is 11.0. The molecule has 1 aromatic carbocycles. The average molecular weight is 687 g/mol. The fourth-order valence-electron chi connectivity index (χ4n) is 6.79. The quantitative estimate of drug-likeness (QED) is 0.261. The molecule has 2 aromatic rings. The van der Waals surface area contributed by atoms with E-state index in [-0.39, 0.29) is 54.1 Å². The van der Waals surface area contributed by atoms with Crippen molar-refractivity contribution in [2.45, 2.75) is 81.4 Å². The van der Waals surface area contributed by atoms with Crippen molar-refractivity contribution in [1.82, 2.24) is 14.6 Å². The molecular weight excluding hydrogens is 641 g/mol. The smallest absolute Gasteiger partial charge is 0.407 e. The molecule has 6 rings (SSSR count). The summed E-state index contributed by atoms with van der Waals surface area (Å²) in [7, 11) is -4.02. The van der Waals surface area contributed by atoms with Crippen molar-refractivity contribution in [3.63, 3.8) is 0 Å². The van der Waals surface area contributed by atoms with Crippen LogP contribution in [0.2, 0.25) is 0 Å². The molecule has 256 valence electrons. The SMILES string of the molecule is CC(C)CN(C[C@@H](O)[C@H](CCc1ccccc1)NC(=O)OC1C2COC3OCC1C3C2)S(=O)(=O)c1cccnc(NC2CC2)scc1. The van der Waals surface area contributed by atoms with Crippen molar-refractivity contribution in [2.75, 3.05) is 31.6 Å². The lowest BCUT2D eigenvalue weighted by Gasteiger charge is -2.31. The lowest BCUT2D eigenvalue weighted by atomic mass is 9.98. The van der Waals surface area contributed by atoms with Gasteiger partial charge in [-0.15, -0.1) is 11.3 Å². The van der Waals surface area contributed by atoms with Crippen LogP contribution < -0.4 is 10.6 Å². The highest BCUT2D eigenvalue weighted by atomic mass is 32.2. The number of fused-ring (bicyclic) bond motifs is 1. The molecule has 2 saturated carbocycles. The summed E-state index contributed by atoms with van der Waals surface area (Å²) >= 11 is 1.33. The Morgan fingerprint density at radius 2 is 1.87 bits per heavy atom. The third-order valence-corrected chi connectivity index (χ3v) is 11.9. The summed E-state index contributed by atoms with van der Waals surface area (Å²) < 4.78 is 47.1. The molecule has 7 atom stereocenters. The van der Waals surface area contributed by atoms with Gasteiger partial charge in [0.05, 0.1) is 30.3 Å². The number of amides is 1. The normalized spacial score (nSPS) is 26.1. The minimum absolute atomic E-state index is 0.0115. The van der Waals surface area contributed by atoms with E-state index in [1.54, 1.807) is 23.7 Å². The van der Waals surface area contributed by atoms with E-state index in [0.29, 0.717) is 32.1 Å².